The van der Waals surface area contributed by atoms with Gasteiger partial charge in [-0.15, -0.1) is 11.3 Å². The highest BCUT2D eigenvalue weighted by Crippen LogP contribution is 2.39. The van der Waals surface area contributed by atoms with E-state index in [4.69, 9.17) is 16.3 Å². The summed E-state index contributed by atoms with van der Waals surface area (Å²) >= 11 is 9.88. The molecule has 0 saturated heterocycles. The number of hydrogen-bond donors (Lipinski definition) is 1. The van der Waals surface area contributed by atoms with Crippen LogP contribution in [0.4, 0.5) is 11.4 Å². The molecule has 0 unspecified atom stereocenters. The van der Waals surface area contributed by atoms with Gasteiger partial charge in [0.05, 0.1) is 27.9 Å². The lowest BCUT2D eigenvalue weighted by Gasteiger charge is -2.13. The molecule has 31 heavy (non-hydrogen) atoms. The SMILES string of the molecule is COc1ccc2nc(C)cc(Nc3ccc(Sc4nc5ccccc5s4)c(Cl)c3)c2c1. The average Bonchev–Trinajstić information content (AvgIpc) is 3.18. The van der Waals surface area contributed by atoms with Crippen LogP contribution in [0.3, 0.4) is 0 Å². The summed E-state index contributed by atoms with van der Waals surface area (Å²) in [5, 5.41) is 5.17. The van der Waals surface area contributed by atoms with Crippen molar-refractivity contribution in [3.05, 3.63) is 77.4 Å². The lowest BCUT2D eigenvalue weighted by molar-refractivity contribution is 0.415. The summed E-state index contributed by atoms with van der Waals surface area (Å²) < 4.78 is 7.54. The number of halogens is 1. The van der Waals surface area contributed by atoms with Crippen LogP contribution in [0.15, 0.2) is 76.0 Å². The molecule has 154 valence electrons. The lowest BCUT2D eigenvalue weighted by atomic mass is 10.1. The van der Waals surface area contributed by atoms with Gasteiger partial charge >= 0.3 is 0 Å². The second kappa shape index (κ2) is 8.38. The number of rotatable bonds is 5. The largest absolute Gasteiger partial charge is 0.497 e. The normalized spacial score (nSPS) is 11.2. The van der Waals surface area contributed by atoms with E-state index in [2.05, 4.69) is 21.4 Å². The number of para-hydroxylation sites is 1. The van der Waals surface area contributed by atoms with Crippen molar-refractivity contribution >= 4 is 67.2 Å². The highest BCUT2D eigenvalue weighted by molar-refractivity contribution is 8.01. The molecule has 3 aromatic carbocycles. The van der Waals surface area contributed by atoms with Crippen molar-refractivity contribution in [2.45, 2.75) is 16.2 Å². The Morgan fingerprint density at radius 2 is 1.84 bits per heavy atom. The number of nitrogens with one attached hydrogen (secondary N) is 1. The van der Waals surface area contributed by atoms with E-state index in [1.807, 2.05) is 67.6 Å². The fourth-order valence-corrected chi connectivity index (χ4v) is 5.70. The molecule has 0 amide bonds. The van der Waals surface area contributed by atoms with E-state index in [1.165, 1.54) is 4.70 Å². The summed E-state index contributed by atoms with van der Waals surface area (Å²) in [5.74, 6) is 0.793. The highest BCUT2D eigenvalue weighted by Gasteiger charge is 2.11. The molecule has 0 aliphatic heterocycles. The Kier molecular flexibility index (Phi) is 5.44. The third-order valence-electron chi connectivity index (χ3n) is 4.83. The van der Waals surface area contributed by atoms with Crippen LogP contribution in [0.1, 0.15) is 5.69 Å². The van der Waals surface area contributed by atoms with Crippen LogP contribution < -0.4 is 10.1 Å². The first-order valence-electron chi connectivity index (χ1n) is 9.64. The molecule has 0 aliphatic rings. The Labute approximate surface area is 193 Å². The lowest BCUT2D eigenvalue weighted by Crippen LogP contribution is -1.95. The molecule has 4 nitrogen and oxygen atoms in total. The van der Waals surface area contributed by atoms with E-state index < -0.39 is 0 Å². The second-order valence-electron chi connectivity index (χ2n) is 7.01. The van der Waals surface area contributed by atoms with Gasteiger partial charge in [-0.2, -0.15) is 0 Å². The molecule has 2 aromatic heterocycles. The van der Waals surface area contributed by atoms with Gasteiger partial charge < -0.3 is 10.1 Å². The Morgan fingerprint density at radius 1 is 0.968 bits per heavy atom. The van der Waals surface area contributed by atoms with E-state index in [1.54, 1.807) is 30.2 Å². The quantitative estimate of drug-likeness (QED) is 0.289. The number of hydrogen-bond acceptors (Lipinski definition) is 6. The standard InChI is InChI=1S/C24H18ClN3OS2/c1-14-11-21(17-13-16(29-2)8-9-19(17)26-14)27-15-7-10-22(18(25)12-15)30-24-28-20-5-3-4-6-23(20)31-24/h3-13H,1-2H3,(H,26,27). The number of methoxy groups -OCH3 is 1. The summed E-state index contributed by atoms with van der Waals surface area (Å²) in [6, 6.07) is 22.1. The number of aromatic nitrogens is 2. The molecule has 0 saturated carbocycles. The molecule has 0 spiro atoms. The number of anilines is 2. The van der Waals surface area contributed by atoms with Crippen LogP contribution in [0.25, 0.3) is 21.1 Å². The maximum atomic E-state index is 6.63. The fraction of sp³-hybridized carbons (Fsp3) is 0.0833. The summed E-state index contributed by atoms with van der Waals surface area (Å²) in [6.07, 6.45) is 0. The summed E-state index contributed by atoms with van der Waals surface area (Å²) in [6.45, 7) is 1.99. The maximum Gasteiger partial charge on any atom is 0.155 e. The average molecular weight is 464 g/mol. The van der Waals surface area contributed by atoms with Crippen LogP contribution >= 0.6 is 34.7 Å². The molecule has 5 rings (SSSR count). The van der Waals surface area contributed by atoms with Gasteiger partial charge in [0.2, 0.25) is 0 Å². The fourth-order valence-electron chi connectivity index (χ4n) is 3.37. The van der Waals surface area contributed by atoms with Crippen molar-refractivity contribution in [3.63, 3.8) is 0 Å². The van der Waals surface area contributed by atoms with Crippen molar-refractivity contribution in [2.24, 2.45) is 0 Å². The second-order valence-corrected chi connectivity index (χ2v) is 9.74. The minimum Gasteiger partial charge on any atom is -0.497 e. The van der Waals surface area contributed by atoms with Gasteiger partial charge in [-0.05, 0) is 61.5 Å². The monoisotopic (exact) mass is 463 g/mol. The van der Waals surface area contributed by atoms with E-state index in [-0.39, 0.29) is 0 Å². The zero-order valence-corrected chi connectivity index (χ0v) is 19.2. The Morgan fingerprint density at radius 3 is 2.65 bits per heavy atom. The predicted molar refractivity (Wildman–Crippen MR) is 132 cm³/mol. The van der Waals surface area contributed by atoms with Crippen molar-refractivity contribution in [1.29, 1.82) is 0 Å². The zero-order chi connectivity index (χ0) is 21.4. The number of nitrogens with zero attached hydrogens (tertiary/aromatic N) is 2. The third-order valence-corrected chi connectivity index (χ3v) is 7.42. The van der Waals surface area contributed by atoms with Crippen LogP contribution in [-0.4, -0.2) is 17.1 Å². The number of fused-ring (bicyclic) bond motifs is 2. The number of benzene rings is 3. The molecule has 0 fully saturated rings. The van der Waals surface area contributed by atoms with Gasteiger partial charge in [-0.25, -0.2) is 4.98 Å². The van der Waals surface area contributed by atoms with Crippen molar-refractivity contribution in [3.8, 4) is 5.75 Å². The van der Waals surface area contributed by atoms with Gasteiger partial charge in [-0.3, -0.25) is 4.98 Å². The minimum atomic E-state index is 0.682. The number of thiazole rings is 1. The zero-order valence-electron chi connectivity index (χ0n) is 16.8. The van der Waals surface area contributed by atoms with Crippen molar-refractivity contribution < 1.29 is 4.74 Å². The van der Waals surface area contributed by atoms with Crippen LogP contribution in [-0.2, 0) is 0 Å². The first-order valence-corrected chi connectivity index (χ1v) is 11.7. The van der Waals surface area contributed by atoms with Gasteiger partial charge in [-0.1, -0.05) is 35.5 Å². The Balaban J connectivity index is 1.44. The van der Waals surface area contributed by atoms with Crippen LogP contribution in [0.5, 0.6) is 5.75 Å². The van der Waals surface area contributed by atoms with Gasteiger partial charge in [0.25, 0.3) is 0 Å². The first-order chi connectivity index (χ1) is 15.1. The van der Waals surface area contributed by atoms with Crippen LogP contribution in [0, 0.1) is 6.92 Å². The molecule has 0 atom stereocenters. The van der Waals surface area contributed by atoms with E-state index in [0.717, 1.165) is 48.5 Å². The van der Waals surface area contributed by atoms with Gasteiger partial charge in [0.15, 0.2) is 4.34 Å². The van der Waals surface area contributed by atoms with Gasteiger partial charge in [0, 0.05) is 27.4 Å². The third kappa shape index (κ3) is 4.19. The molecule has 0 radical (unpaired) electrons. The van der Waals surface area contributed by atoms with Gasteiger partial charge in [0.1, 0.15) is 5.75 Å². The molecular weight excluding hydrogens is 446 g/mol. The first kappa shape index (κ1) is 20.1. The summed E-state index contributed by atoms with van der Waals surface area (Å²) in [7, 11) is 1.66. The smallest absolute Gasteiger partial charge is 0.155 e. The summed E-state index contributed by atoms with van der Waals surface area (Å²) in [5.41, 5.74) is 4.74. The summed E-state index contributed by atoms with van der Waals surface area (Å²) in [4.78, 5) is 10.3. The predicted octanol–water partition coefficient (Wildman–Crippen LogP) is 7.71. The van der Waals surface area contributed by atoms with Crippen molar-refractivity contribution in [1.82, 2.24) is 9.97 Å². The Bertz CT molecular complexity index is 1380. The molecular formula is C24H18ClN3OS2. The maximum absolute atomic E-state index is 6.63. The molecule has 0 bridgehead atoms. The van der Waals surface area contributed by atoms with E-state index in [0.29, 0.717) is 5.02 Å². The number of pyridine rings is 1. The number of ether oxygens (including phenoxy) is 1. The van der Waals surface area contributed by atoms with Crippen molar-refractivity contribution in [2.75, 3.05) is 12.4 Å². The molecule has 1 N–H and O–H groups in total. The molecule has 5 aromatic rings. The molecule has 0 aliphatic carbocycles. The van der Waals surface area contributed by atoms with E-state index in [9.17, 15) is 0 Å². The number of aryl methyl sites for hydroxylation is 1. The minimum absolute atomic E-state index is 0.682. The topological polar surface area (TPSA) is 47.0 Å². The highest BCUT2D eigenvalue weighted by atomic mass is 35.5. The molecule has 7 heteroatoms. The van der Waals surface area contributed by atoms with E-state index >= 15 is 0 Å². The Hall–Kier alpha value is -2.80. The van der Waals surface area contributed by atoms with Crippen LogP contribution in [0.2, 0.25) is 5.02 Å². The molecule has 2 heterocycles.